The summed E-state index contributed by atoms with van der Waals surface area (Å²) in [5.41, 5.74) is 6.58. The Morgan fingerprint density at radius 1 is 1.00 bits per heavy atom. The van der Waals surface area contributed by atoms with Crippen LogP contribution in [0, 0.1) is 5.82 Å². The SMILES string of the molecule is Cl.NCCCN(Cc1ccccc1)S(=O)(=O)Cc1ccccc1F. The highest BCUT2D eigenvalue weighted by Gasteiger charge is 2.23. The number of benzene rings is 2. The monoisotopic (exact) mass is 372 g/mol. The topological polar surface area (TPSA) is 63.4 Å². The van der Waals surface area contributed by atoms with Crippen molar-refractivity contribution in [3.63, 3.8) is 0 Å². The lowest BCUT2D eigenvalue weighted by Crippen LogP contribution is -2.33. The van der Waals surface area contributed by atoms with Gasteiger partial charge in [-0.15, -0.1) is 12.4 Å². The summed E-state index contributed by atoms with van der Waals surface area (Å²) >= 11 is 0. The maximum absolute atomic E-state index is 13.8. The third-order valence-corrected chi connectivity index (χ3v) is 5.28. The largest absolute Gasteiger partial charge is 0.330 e. The molecule has 2 N–H and O–H groups in total. The molecule has 0 saturated carbocycles. The number of hydrogen-bond acceptors (Lipinski definition) is 3. The van der Waals surface area contributed by atoms with Gasteiger partial charge in [-0.3, -0.25) is 0 Å². The molecule has 0 aromatic heterocycles. The van der Waals surface area contributed by atoms with E-state index in [0.29, 0.717) is 19.5 Å². The molecule has 4 nitrogen and oxygen atoms in total. The lowest BCUT2D eigenvalue weighted by atomic mass is 10.2. The fraction of sp³-hybridized carbons (Fsp3) is 0.294. The molecular weight excluding hydrogens is 351 g/mol. The van der Waals surface area contributed by atoms with E-state index in [2.05, 4.69) is 0 Å². The molecule has 0 bridgehead atoms. The fourth-order valence-corrected chi connectivity index (χ4v) is 3.84. The Balaban J connectivity index is 0.00000288. The molecule has 132 valence electrons. The second-order valence-corrected chi connectivity index (χ2v) is 7.28. The van der Waals surface area contributed by atoms with Crippen molar-refractivity contribution in [2.45, 2.75) is 18.7 Å². The van der Waals surface area contributed by atoms with Gasteiger partial charge in [0.05, 0.1) is 5.75 Å². The Bertz CT molecular complexity index is 726. The first-order chi connectivity index (χ1) is 11.0. The molecule has 2 aromatic carbocycles. The summed E-state index contributed by atoms with van der Waals surface area (Å²) in [5, 5.41) is 0. The zero-order chi connectivity index (χ0) is 16.7. The lowest BCUT2D eigenvalue weighted by Gasteiger charge is -2.22. The second-order valence-electron chi connectivity index (χ2n) is 5.31. The molecule has 0 radical (unpaired) electrons. The van der Waals surface area contributed by atoms with Crippen molar-refractivity contribution in [3.05, 3.63) is 71.5 Å². The predicted octanol–water partition coefficient (Wildman–Crippen LogP) is 2.93. The van der Waals surface area contributed by atoms with Crippen LogP contribution in [-0.4, -0.2) is 25.8 Å². The molecule has 0 amide bonds. The normalized spacial score (nSPS) is 11.3. The number of rotatable bonds is 8. The van der Waals surface area contributed by atoms with Crippen LogP contribution in [0.3, 0.4) is 0 Å². The molecule has 0 aliphatic carbocycles. The maximum Gasteiger partial charge on any atom is 0.218 e. The summed E-state index contributed by atoms with van der Waals surface area (Å²) in [6, 6.07) is 15.3. The zero-order valence-electron chi connectivity index (χ0n) is 13.3. The average molecular weight is 373 g/mol. The van der Waals surface area contributed by atoms with Crippen LogP contribution in [0.4, 0.5) is 4.39 Å². The van der Waals surface area contributed by atoms with Gasteiger partial charge in [0, 0.05) is 18.7 Å². The van der Waals surface area contributed by atoms with E-state index in [9.17, 15) is 12.8 Å². The van der Waals surface area contributed by atoms with E-state index < -0.39 is 15.8 Å². The lowest BCUT2D eigenvalue weighted by molar-refractivity contribution is 0.400. The highest BCUT2D eigenvalue weighted by molar-refractivity contribution is 7.88. The number of nitrogens with two attached hydrogens (primary N) is 1. The first-order valence-electron chi connectivity index (χ1n) is 7.48. The minimum Gasteiger partial charge on any atom is -0.330 e. The van der Waals surface area contributed by atoms with Crippen molar-refractivity contribution in [2.75, 3.05) is 13.1 Å². The molecular formula is C17H22ClFN2O2S. The van der Waals surface area contributed by atoms with Gasteiger partial charge in [0.25, 0.3) is 0 Å². The van der Waals surface area contributed by atoms with Crippen LogP contribution in [0.2, 0.25) is 0 Å². The molecule has 0 saturated heterocycles. The van der Waals surface area contributed by atoms with Gasteiger partial charge < -0.3 is 5.73 Å². The Morgan fingerprint density at radius 3 is 2.25 bits per heavy atom. The van der Waals surface area contributed by atoms with Crippen LogP contribution in [0.5, 0.6) is 0 Å². The Labute approximate surface area is 148 Å². The molecule has 0 atom stereocenters. The van der Waals surface area contributed by atoms with Crippen molar-refractivity contribution in [3.8, 4) is 0 Å². The highest BCUT2D eigenvalue weighted by atomic mass is 35.5. The Hall–Kier alpha value is -1.47. The summed E-state index contributed by atoms with van der Waals surface area (Å²) in [6.07, 6.45) is 0.559. The van der Waals surface area contributed by atoms with E-state index in [1.807, 2.05) is 30.3 Å². The third-order valence-electron chi connectivity index (χ3n) is 3.50. The van der Waals surface area contributed by atoms with Gasteiger partial charge in [0.15, 0.2) is 0 Å². The minimum atomic E-state index is -3.63. The molecule has 7 heteroatoms. The van der Waals surface area contributed by atoms with Crippen molar-refractivity contribution < 1.29 is 12.8 Å². The maximum atomic E-state index is 13.8. The van der Waals surface area contributed by atoms with Gasteiger partial charge >= 0.3 is 0 Å². The fourth-order valence-electron chi connectivity index (χ4n) is 2.27. The van der Waals surface area contributed by atoms with Gasteiger partial charge in [0.2, 0.25) is 10.0 Å². The van der Waals surface area contributed by atoms with E-state index >= 15 is 0 Å². The van der Waals surface area contributed by atoms with Crippen molar-refractivity contribution in [2.24, 2.45) is 5.73 Å². The van der Waals surface area contributed by atoms with Crippen LogP contribution >= 0.6 is 12.4 Å². The molecule has 2 aromatic rings. The van der Waals surface area contributed by atoms with Crippen molar-refractivity contribution in [1.29, 1.82) is 0 Å². The van der Waals surface area contributed by atoms with Gasteiger partial charge in [-0.2, -0.15) is 4.31 Å². The van der Waals surface area contributed by atoms with Gasteiger partial charge in [-0.1, -0.05) is 48.5 Å². The Kier molecular flexibility index (Phi) is 8.35. The van der Waals surface area contributed by atoms with Crippen molar-refractivity contribution in [1.82, 2.24) is 4.31 Å². The van der Waals surface area contributed by atoms with Crippen LogP contribution in [0.25, 0.3) is 0 Å². The predicted molar refractivity (Wildman–Crippen MR) is 96.8 cm³/mol. The number of hydrogen-bond donors (Lipinski definition) is 1. The van der Waals surface area contributed by atoms with Crippen molar-refractivity contribution >= 4 is 22.4 Å². The van der Waals surface area contributed by atoms with Gasteiger partial charge in [0.1, 0.15) is 5.82 Å². The molecule has 0 spiro atoms. The smallest absolute Gasteiger partial charge is 0.218 e. The standard InChI is InChI=1S/C17H21FN2O2S.ClH/c18-17-10-5-4-9-16(17)14-23(21,22)20(12-6-11-19)13-15-7-2-1-3-8-15;/h1-5,7-10H,6,11-14,19H2;1H. The van der Waals surface area contributed by atoms with E-state index in [-0.39, 0.29) is 30.3 Å². The average Bonchev–Trinajstić information content (AvgIpc) is 2.54. The van der Waals surface area contributed by atoms with Crippen LogP contribution < -0.4 is 5.73 Å². The summed E-state index contributed by atoms with van der Waals surface area (Å²) in [6.45, 7) is 0.986. The first-order valence-corrected chi connectivity index (χ1v) is 9.09. The number of halogens is 2. The molecule has 0 unspecified atom stereocenters. The molecule has 24 heavy (non-hydrogen) atoms. The molecule has 0 heterocycles. The van der Waals surface area contributed by atoms with Crippen LogP contribution in [0.15, 0.2) is 54.6 Å². The van der Waals surface area contributed by atoms with E-state index in [1.54, 1.807) is 12.1 Å². The summed E-state index contributed by atoms with van der Waals surface area (Å²) in [5.74, 6) is -0.855. The quantitative estimate of drug-likeness (QED) is 0.774. The summed E-state index contributed by atoms with van der Waals surface area (Å²) in [4.78, 5) is 0. The highest BCUT2D eigenvalue weighted by Crippen LogP contribution is 2.17. The van der Waals surface area contributed by atoms with Gasteiger partial charge in [-0.25, -0.2) is 12.8 Å². The molecule has 0 fully saturated rings. The van der Waals surface area contributed by atoms with E-state index in [1.165, 1.54) is 16.4 Å². The van der Waals surface area contributed by atoms with Gasteiger partial charge in [-0.05, 0) is 24.6 Å². The van der Waals surface area contributed by atoms with Crippen LogP contribution in [0.1, 0.15) is 17.5 Å². The number of nitrogens with zero attached hydrogens (tertiary/aromatic N) is 1. The molecule has 0 aliphatic rings. The number of sulfonamides is 1. The van der Waals surface area contributed by atoms with E-state index in [0.717, 1.165) is 5.56 Å². The Morgan fingerprint density at radius 2 is 1.62 bits per heavy atom. The summed E-state index contributed by atoms with van der Waals surface area (Å²) < 4.78 is 40.5. The third kappa shape index (κ3) is 5.87. The summed E-state index contributed by atoms with van der Waals surface area (Å²) in [7, 11) is -3.63. The zero-order valence-corrected chi connectivity index (χ0v) is 14.9. The van der Waals surface area contributed by atoms with E-state index in [4.69, 9.17) is 5.73 Å². The second kappa shape index (κ2) is 9.74. The first kappa shape index (κ1) is 20.6. The minimum absolute atomic E-state index is 0. The molecule has 2 rings (SSSR count). The molecule has 0 aliphatic heterocycles. The van der Waals surface area contributed by atoms with Crippen LogP contribution in [-0.2, 0) is 22.3 Å².